The maximum absolute atomic E-state index is 4.39. The van der Waals surface area contributed by atoms with E-state index < -0.39 is 0 Å². The average molecular weight is 266 g/mol. The third-order valence-electron chi connectivity index (χ3n) is 3.76. The third-order valence-corrected chi connectivity index (χ3v) is 3.76. The van der Waals surface area contributed by atoms with Crippen LogP contribution in [0.25, 0.3) is 0 Å². The maximum Gasteiger partial charge on any atom is 0.122 e. The molecule has 1 unspecified atom stereocenters. The molecule has 4 heteroatoms. The molecule has 0 aliphatic rings. The lowest BCUT2D eigenvalue weighted by atomic mass is 10.1. The molecular weight excluding hydrogens is 236 g/mol. The van der Waals surface area contributed by atoms with Crippen LogP contribution in [0.2, 0.25) is 0 Å². The number of nitrogens with one attached hydrogen (secondary N) is 1. The van der Waals surface area contributed by atoms with Gasteiger partial charge in [-0.1, -0.05) is 13.8 Å². The van der Waals surface area contributed by atoms with Crippen LogP contribution in [0.1, 0.15) is 46.4 Å². The monoisotopic (exact) mass is 266 g/mol. The van der Waals surface area contributed by atoms with Gasteiger partial charge in [-0.05, 0) is 46.3 Å². The lowest BCUT2D eigenvalue weighted by molar-refractivity contribution is 0.290. The second kappa shape index (κ2) is 9.10. The Kier molecular flexibility index (Phi) is 7.75. The molecule has 1 aromatic heterocycles. The fourth-order valence-corrected chi connectivity index (χ4v) is 2.32. The number of hydrogen-bond donors (Lipinski definition) is 1. The van der Waals surface area contributed by atoms with E-state index in [9.17, 15) is 0 Å². The molecule has 0 amide bonds. The Morgan fingerprint density at radius 2 is 2.05 bits per heavy atom. The summed E-state index contributed by atoms with van der Waals surface area (Å²) in [4.78, 5) is 6.87. The predicted octanol–water partition coefficient (Wildman–Crippen LogP) is 2.50. The summed E-state index contributed by atoms with van der Waals surface area (Å²) in [6.45, 7) is 14.3. The molecule has 0 aliphatic carbocycles. The quantitative estimate of drug-likeness (QED) is 0.706. The van der Waals surface area contributed by atoms with Crippen LogP contribution in [0.4, 0.5) is 0 Å². The van der Waals surface area contributed by atoms with Crippen LogP contribution in [-0.2, 0) is 13.1 Å². The van der Waals surface area contributed by atoms with Crippen molar-refractivity contribution in [1.82, 2.24) is 19.8 Å². The lowest BCUT2D eigenvalue weighted by Gasteiger charge is -2.19. The molecule has 0 radical (unpaired) electrons. The first-order chi connectivity index (χ1) is 9.21. The van der Waals surface area contributed by atoms with E-state index >= 15 is 0 Å². The highest BCUT2D eigenvalue weighted by Gasteiger charge is 2.06. The Balaban J connectivity index is 2.19. The molecule has 4 nitrogen and oxygen atoms in total. The van der Waals surface area contributed by atoms with Crippen LogP contribution in [0, 0.1) is 0 Å². The number of aryl methyl sites for hydroxylation is 1. The molecule has 0 bridgehead atoms. The summed E-state index contributed by atoms with van der Waals surface area (Å²) >= 11 is 0. The molecule has 0 aliphatic heterocycles. The smallest absolute Gasteiger partial charge is 0.122 e. The Labute approximate surface area is 118 Å². The van der Waals surface area contributed by atoms with Gasteiger partial charge in [-0.3, -0.25) is 0 Å². The second-order valence-electron chi connectivity index (χ2n) is 5.08. The minimum Gasteiger partial charge on any atom is -0.334 e. The Hall–Kier alpha value is -0.870. The fraction of sp³-hybridized carbons (Fsp3) is 0.800. The zero-order chi connectivity index (χ0) is 14.1. The molecule has 1 aromatic rings. The van der Waals surface area contributed by atoms with Crippen molar-refractivity contribution in [2.24, 2.45) is 0 Å². The zero-order valence-electron chi connectivity index (χ0n) is 13.0. The van der Waals surface area contributed by atoms with Crippen molar-refractivity contribution in [1.29, 1.82) is 0 Å². The van der Waals surface area contributed by atoms with Gasteiger partial charge in [0.25, 0.3) is 0 Å². The first kappa shape index (κ1) is 16.2. The molecule has 1 heterocycles. The number of hydrogen-bond acceptors (Lipinski definition) is 3. The van der Waals surface area contributed by atoms with Crippen molar-refractivity contribution in [2.75, 3.05) is 19.6 Å². The van der Waals surface area contributed by atoms with Crippen molar-refractivity contribution in [2.45, 2.75) is 59.7 Å². The van der Waals surface area contributed by atoms with Crippen LogP contribution >= 0.6 is 0 Å². The van der Waals surface area contributed by atoms with E-state index in [4.69, 9.17) is 0 Å². The summed E-state index contributed by atoms with van der Waals surface area (Å²) in [5.74, 6) is 1.14. The SMILES string of the molecule is CCN(CC)CCCC(C)NCc1nccn1CC. The summed E-state index contributed by atoms with van der Waals surface area (Å²) < 4.78 is 2.19. The minimum absolute atomic E-state index is 0.553. The Morgan fingerprint density at radius 3 is 2.68 bits per heavy atom. The van der Waals surface area contributed by atoms with Crippen molar-refractivity contribution in [3.05, 3.63) is 18.2 Å². The molecule has 0 saturated heterocycles. The third kappa shape index (κ3) is 5.74. The van der Waals surface area contributed by atoms with Gasteiger partial charge in [-0.2, -0.15) is 0 Å². The van der Waals surface area contributed by atoms with Gasteiger partial charge in [0.05, 0.1) is 6.54 Å². The van der Waals surface area contributed by atoms with Crippen molar-refractivity contribution < 1.29 is 0 Å². The van der Waals surface area contributed by atoms with Crippen molar-refractivity contribution in [3.8, 4) is 0 Å². The standard InChI is InChI=1S/C15H30N4/c1-5-18(6-2)11-8-9-14(4)17-13-15-16-10-12-19(15)7-3/h10,12,14,17H,5-9,11,13H2,1-4H3. The van der Waals surface area contributed by atoms with E-state index in [1.807, 2.05) is 12.4 Å². The van der Waals surface area contributed by atoms with E-state index in [0.717, 1.165) is 32.0 Å². The van der Waals surface area contributed by atoms with E-state index in [1.165, 1.54) is 19.4 Å². The van der Waals surface area contributed by atoms with Gasteiger partial charge in [0.2, 0.25) is 0 Å². The number of rotatable bonds is 10. The van der Waals surface area contributed by atoms with Crippen molar-refractivity contribution >= 4 is 0 Å². The Morgan fingerprint density at radius 1 is 1.32 bits per heavy atom. The molecule has 110 valence electrons. The van der Waals surface area contributed by atoms with E-state index in [0.29, 0.717) is 6.04 Å². The first-order valence-corrected chi connectivity index (χ1v) is 7.66. The summed E-state index contributed by atoms with van der Waals surface area (Å²) in [6, 6.07) is 0.553. The Bertz CT molecular complexity index is 331. The molecule has 0 spiro atoms. The van der Waals surface area contributed by atoms with E-state index in [1.54, 1.807) is 0 Å². The van der Waals surface area contributed by atoms with Gasteiger partial charge in [0, 0.05) is 25.0 Å². The van der Waals surface area contributed by atoms with Crippen LogP contribution in [0.3, 0.4) is 0 Å². The van der Waals surface area contributed by atoms with Gasteiger partial charge < -0.3 is 14.8 Å². The van der Waals surface area contributed by atoms with E-state index in [2.05, 4.69) is 47.5 Å². The van der Waals surface area contributed by atoms with Gasteiger partial charge in [0.1, 0.15) is 5.82 Å². The molecule has 0 fully saturated rings. The van der Waals surface area contributed by atoms with Crippen LogP contribution in [-0.4, -0.2) is 40.1 Å². The maximum atomic E-state index is 4.39. The van der Waals surface area contributed by atoms with Crippen molar-refractivity contribution in [3.63, 3.8) is 0 Å². The number of aromatic nitrogens is 2. The van der Waals surface area contributed by atoms with Gasteiger partial charge in [0.15, 0.2) is 0 Å². The summed E-state index contributed by atoms with van der Waals surface area (Å²) in [7, 11) is 0. The average Bonchev–Trinajstić information content (AvgIpc) is 2.88. The molecule has 1 atom stereocenters. The highest BCUT2D eigenvalue weighted by atomic mass is 15.1. The molecule has 1 rings (SSSR count). The summed E-state index contributed by atoms with van der Waals surface area (Å²) in [6.07, 6.45) is 6.41. The summed E-state index contributed by atoms with van der Waals surface area (Å²) in [5, 5.41) is 3.57. The predicted molar refractivity (Wildman–Crippen MR) is 81.2 cm³/mol. The van der Waals surface area contributed by atoms with Gasteiger partial charge >= 0.3 is 0 Å². The topological polar surface area (TPSA) is 33.1 Å². The van der Waals surface area contributed by atoms with Gasteiger partial charge in [-0.25, -0.2) is 4.98 Å². The van der Waals surface area contributed by atoms with E-state index in [-0.39, 0.29) is 0 Å². The first-order valence-electron chi connectivity index (χ1n) is 7.66. The fourth-order valence-electron chi connectivity index (χ4n) is 2.32. The van der Waals surface area contributed by atoms with Gasteiger partial charge in [-0.15, -0.1) is 0 Å². The second-order valence-corrected chi connectivity index (χ2v) is 5.08. The minimum atomic E-state index is 0.553. The van der Waals surface area contributed by atoms with Crippen LogP contribution in [0.5, 0.6) is 0 Å². The largest absolute Gasteiger partial charge is 0.334 e. The normalized spacial score (nSPS) is 13.1. The molecule has 1 N–H and O–H groups in total. The van der Waals surface area contributed by atoms with Crippen LogP contribution in [0.15, 0.2) is 12.4 Å². The highest BCUT2D eigenvalue weighted by molar-refractivity contribution is 4.91. The molecule has 0 aromatic carbocycles. The zero-order valence-corrected chi connectivity index (χ0v) is 13.0. The number of imidazole rings is 1. The van der Waals surface area contributed by atoms with Crippen LogP contribution < -0.4 is 5.32 Å². The molecular formula is C15H30N4. The highest BCUT2D eigenvalue weighted by Crippen LogP contribution is 2.02. The summed E-state index contributed by atoms with van der Waals surface area (Å²) in [5.41, 5.74) is 0. The number of nitrogens with zero attached hydrogens (tertiary/aromatic N) is 3. The molecule has 19 heavy (non-hydrogen) atoms. The lowest BCUT2D eigenvalue weighted by Crippen LogP contribution is -2.29. The molecule has 0 saturated carbocycles.